The van der Waals surface area contributed by atoms with Crippen molar-refractivity contribution in [3.05, 3.63) is 66.5 Å². The lowest BCUT2D eigenvalue weighted by Crippen LogP contribution is -2.28. The van der Waals surface area contributed by atoms with Gasteiger partial charge in [-0.1, -0.05) is 18.2 Å². The lowest BCUT2D eigenvalue weighted by molar-refractivity contribution is -0.274. The standard InChI is InChI=1S/C18H14F3N3O2/c19-18(20,21)26-16-5-1-12(2-6-16)10-23-17(25)24-15-4-3-14-11-22-8-7-13(14)9-15/h1-9,11H,10H2,(H2,23,24,25). The molecule has 0 atom stereocenters. The minimum absolute atomic E-state index is 0.162. The summed E-state index contributed by atoms with van der Waals surface area (Å²) in [5, 5.41) is 7.24. The highest BCUT2D eigenvalue weighted by atomic mass is 19.4. The zero-order valence-corrected chi connectivity index (χ0v) is 13.4. The number of amides is 2. The highest BCUT2D eigenvalue weighted by Gasteiger charge is 2.30. The fourth-order valence-corrected chi connectivity index (χ4v) is 2.33. The third-order valence-corrected chi connectivity index (χ3v) is 3.51. The van der Waals surface area contributed by atoms with Gasteiger partial charge >= 0.3 is 12.4 Å². The summed E-state index contributed by atoms with van der Waals surface area (Å²) in [6, 6.07) is 12.1. The number of nitrogens with one attached hydrogen (secondary N) is 2. The van der Waals surface area contributed by atoms with Gasteiger partial charge in [0.05, 0.1) is 0 Å². The maximum atomic E-state index is 12.1. The predicted molar refractivity (Wildman–Crippen MR) is 90.7 cm³/mol. The van der Waals surface area contributed by atoms with Gasteiger partial charge in [0.2, 0.25) is 0 Å². The minimum atomic E-state index is -4.73. The number of carbonyl (C=O) groups excluding carboxylic acids is 1. The summed E-state index contributed by atoms with van der Waals surface area (Å²) < 4.78 is 40.1. The molecule has 0 aliphatic heterocycles. The van der Waals surface area contributed by atoms with E-state index in [2.05, 4.69) is 20.4 Å². The van der Waals surface area contributed by atoms with E-state index in [4.69, 9.17) is 0 Å². The van der Waals surface area contributed by atoms with E-state index in [0.717, 1.165) is 10.8 Å². The number of nitrogens with zero attached hydrogens (tertiary/aromatic N) is 1. The molecular formula is C18H14F3N3O2. The van der Waals surface area contributed by atoms with E-state index in [1.54, 1.807) is 18.5 Å². The normalized spacial score (nSPS) is 11.2. The Morgan fingerprint density at radius 2 is 1.81 bits per heavy atom. The first-order chi connectivity index (χ1) is 12.4. The predicted octanol–water partition coefficient (Wildman–Crippen LogP) is 4.46. The molecule has 26 heavy (non-hydrogen) atoms. The van der Waals surface area contributed by atoms with Crippen LogP contribution >= 0.6 is 0 Å². The molecule has 0 aliphatic rings. The molecule has 2 N–H and O–H groups in total. The van der Waals surface area contributed by atoms with Gasteiger partial charge in [0.15, 0.2) is 0 Å². The van der Waals surface area contributed by atoms with Crippen molar-refractivity contribution >= 4 is 22.5 Å². The average Bonchev–Trinajstić information content (AvgIpc) is 2.60. The van der Waals surface area contributed by atoms with Crippen LogP contribution in [0.25, 0.3) is 10.8 Å². The maximum absolute atomic E-state index is 12.1. The highest BCUT2D eigenvalue weighted by Crippen LogP contribution is 2.22. The number of pyridine rings is 1. The lowest BCUT2D eigenvalue weighted by Gasteiger charge is -2.10. The fourth-order valence-electron chi connectivity index (χ4n) is 2.33. The van der Waals surface area contributed by atoms with Gasteiger partial charge in [-0.15, -0.1) is 13.2 Å². The Labute approximate surface area is 146 Å². The van der Waals surface area contributed by atoms with Crippen LogP contribution in [0.4, 0.5) is 23.7 Å². The van der Waals surface area contributed by atoms with Crippen molar-refractivity contribution in [1.29, 1.82) is 0 Å². The zero-order valence-electron chi connectivity index (χ0n) is 13.4. The topological polar surface area (TPSA) is 63.2 Å². The lowest BCUT2D eigenvalue weighted by atomic mass is 10.1. The van der Waals surface area contributed by atoms with Crippen LogP contribution in [0.3, 0.4) is 0 Å². The van der Waals surface area contributed by atoms with E-state index in [-0.39, 0.29) is 12.3 Å². The van der Waals surface area contributed by atoms with Crippen LogP contribution in [-0.4, -0.2) is 17.4 Å². The summed E-state index contributed by atoms with van der Waals surface area (Å²) in [6.07, 6.45) is -1.33. The van der Waals surface area contributed by atoms with Crippen molar-refractivity contribution in [2.24, 2.45) is 0 Å². The second kappa shape index (κ2) is 7.30. The van der Waals surface area contributed by atoms with Crippen molar-refractivity contribution in [3.63, 3.8) is 0 Å². The number of hydrogen-bond donors (Lipinski definition) is 2. The number of hydrogen-bond acceptors (Lipinski definition) is 3. The number of alkyl halides is 3. The smallest absolute Gasteiger partial charge is 0.406 e. The Morgan fingerprint density at radius 3 is 2.54 bits per heavy atom. The van der Waals surface area contributed by atoms with Gasteiger partial charge in [0.1, 0.15) is 5.75 Å². The largest absolute Gasteiger partial charge is 0.573 e. The number of benzene rings is 2. The number of aromatic nitrogens is 1. The first-order valence-electron chi connectivity index (χ1n) is 7.62. The molecule has 0 saturated carbocycles. The molecule has 2 amide bonds. The zero-order chi connectivity index (χ0) is 18.6. The SMILES string of the molecule is O=C(NCc1ccc(OC(F)(F)F)cc1)Nc1ccc2cnccc2c1. The van der Waals surface area contributed by atoms with E-state index >= 15 is 0 Å². The molecule has 0 spiro atoms. The van der Waals surface area contributed by atoms with Crippen LogP contribution in [0, 0.1) is 0 Å². The van der Waals surface area contributed by atoms with Crippen molar-refractivity contribution < 1.29 is 22.7 Å². The number of urea groups is 1. The fraction of sp³-hybridized carbons (Fsp3) is 0.111. The molecule has 0 radical (unpaired) electrons. The molecule has 0 bridgehead atoms. The second-order valence-corrected chi connectivity index (χ2v) is 5.44. The van der Waals surface area contributed by atoms with Gasteiger partial charge in [-0.05, 0) is 41.3 Å². The molecular weight excluding hydrogens is 347 g/mol. The molecule has 0 aliphatic carbocycles. The van der Waals surface area contributed by atoms with Crippen LogP contribution in [0.15, 0.2) is 60.9 Å². The van der Waals surface area contributed by atoms with Crippen molar-refractivity contribution in [3.8, 4) is 5.75 Å². The van der Waals surface area contributed by atoms with Crippen molar-refractivity contribution in [1.82, 2.24) is 10.3 Å². The third kappa shape index (κ3) is 4.85. The molecule has 0 unspecified atom stereocenters. The van der Waals surface area contributed by atoms with E-state index in [9.17, 15) is 18.0 Å². The number of carbonyl (C=O) groups is 1. The van der Waals surface area contributed by atoms with Gasteiger partial charge < -0.3 is 15.4 Å². The summed E-state index contributed by atoms with van der Waals surface area (Å²) in [7, 11) is 0. The van der Waals surface area contributed by atoms with E-state index in [0.29, 0.717) is 11.3 Å². The summed E-state index contributed by atoms with van der Waals surface area (Å²) in [6.45, 7) is 0.162. The Bertz CT molecular complexity index is 911. The molecule has 1 heterocycles. The number of fused-ring (bicyclic) bond motifs is 1. The molecule has 2 aromatic carbocycles. The molecule has 8 heteroatoms. The number of rotatable bonds is 4. The first-order valence-corrected chi connectivity index (χ1v) is 7.62. The Morgan fingerprint density at radius 1 is 1.04 bits per heavy atom. The molecule has 0 saturated heterocycles. The molecule has 5 nitrogen and oxygen atoms in total. The van der Waals surface area contributed by atoms with E-state index in [1.165, 1.54) is 24.3 Å². The van der Waals surface area contributed by atoms with Crippen LogP contribution in [0.5, 0.6) is 5.75 Å². The van der Waals surface area contributed by atoms with Gasteiger partial charge in [0, 0.05) is 30.0 Å². The Hall–Kier alpha value is -3.29. The van der Waals surface area contributed by atoms with Crippen molar-refractivity contribution in [2.45, 2.75) is 12.9 Å². The first kappa shape index (κ1) is 17.5. The summed E-state index contributed by atoms with van der Waals surface area (Å²) in [4.78, 5) is 16.0. The van der Waals surface area contributed by atoms with Crippen LogP contribution in [0.1, 0.15) is 5.56 Å². The van der Waals surface area contributed by atoms with E-state index < -0.39 is 12.4 Å². The minimum Gasteiger partial charge on any atom is -0.406 e. The summed E-state index contributed by atoms with van der Waals surface area (Å²) in [5.74, 6) is -0.309. The molecule has 3 aromatic rings. The van der Waals surface area contributed by atoms with Crippen LogP contribution < -0.4 is 15.4 Å². The Kier molecular flexibility index (Phi) is 4.92. The monoisotopic (exact) mass is 361 g/mol. The van der Waals surface area contributed by atoms with Gasteiger partial charge in [-0.3, -0.25) is 4.98 Å². The highest BCUT2D eigenvalue weighted by molar-refractivity contribution is 5.93. The van der Waals surface area contributed by atoms with Crippen molar-refractivity contribution in [2.75, 3.05) is 5.32 Å². The summed E-state index contributed by atoms with van der Waals surface area (Å²) >= 11 is 0. The average molecular weight is 361 g/mol. The molecule has 0 fully saturated rings. The number of halogens is 3. The summed E-state index contributed by atoms with van der Waals surface area (Å²) in [5.41, 5.74) is 1.26. The maximum Gasteiger partial charge on any atom is 0.573 e. The quantitative estimate of drug-likeness (QED) is 0.721. The third-order valence-electron chi connectivity index (χ3n) is 3.51. The van der Waals surface area contributed by atoms with Gasteiger partial charge in [0.25, 0.3) is 0 Å². The molecule has 134 valence electrons. The number of ether oxygens (including phenoxy) is 1. The van der Waals surface area contributed by atoms with E-state index in [1.807, 2.05) is 18.2 Å². The van der Waals surface area contributed by atoms with Gasteiger partial charge in [-0.2, -0.15) is 0 Å². The molecule has 3 rings (SSSR count). The second-order valence-electron chi connectivity index (χ2n) is 5.44. The number of anilines is 1. The molecule has 1 aromatic heterocycles. The van der Waals surface area contributed by atoms with Gasteiger partial charge in [-0.25, -0.2) is 4.79 Å². The Balaban J connectivity index is 1.54. The van der Waals surface area contributed by atoms with Crippen LogP contribution in [-0.2, 0) is 6.54 Å². The van der Waals surface area contributed by atoms with Crippen LogP contribution in [0.2, 0.25) is 0 Å².